The summed E-state index contributed by atoms with van der Waals surface area (Å²) >= 11 is 0. The van der Waals surface area contributed by atoms with E-state index in [0.717, 1.165) is 27.4 Å². The molecule has 0 aliphatic rings. The van der Waals surface area contributed by atoms with E-state index < -0.39 is 0 Å². The lowest BCUT2D eigenvalue weighted by atomic mass is 10.0. The number of nitrogens with zero attached hydrogens (tertiary/aromatic N) is 1. The maximum absolute atomic E-state index is 12.3. The van der Waals surface area contributed by atoms with E-state index in [9.17, 15) is 4.79 Å². The third-order valence-electron chi connectivity index (χ3n) is 3.97. The van der Waals surface area contributed by atoms with E-state index in [1.54, 1.807) is 24.5 Å². The Morgan fingerprint density at radius 1 is 0.913 bits per heavy atom. The van der Waals surface area contributed by atoms with Gasteiger partial charge in [-0.25, -0.2) is 4.79 Å². The zero-order chi connectivity index (χ0) is 15.8. The average Bonchev–Trinajstić information content (AvgIpc) is 2.59. The topological polar surface area (TPSA) is 55.1 Å². The van der Waals surface area contributed by atoms with Gasteiger partial charge < -0.3 is 9.73 Å². The zero-order valence-electron chi connectivity index (χ0n) is 12.5. The molecule has 112 valence electrons. The van der Waals surface area contributed by atoms with Gasteiger partial charge in [0.1, 0.15) is 5.58 Å². The largest absolute Gasteiger partial charge is 0.422 e. The highest BCUT2D eigenvalue weighted by Gasteiger charge is 2.09. The summed E-state index contributed by atoms with van der Waals surface area (Å²) in [6.45, 7) is 0. The molecule has 4 rings (SSSR count). The van der Waals surface area contributed by atoms with Gasteiger partial charge in [0.05, 0.1) is 5.56 Å². The monoisotopic (exact) mass is 302 g/mol. The second kappa shape index (κ2) is 5.25. The molecule has 0 spiro atoms. The van der Waals surface area contributed by atoms with Crippen LogP contribution in [0.3, 0.4) is 0 Å². The lowest BCUT2D eigenvalue weighted by Crippen LogP contribution is -2.02. The molecule has 1 N–H and O–H groups in total. The Balaban J connectivity index is 1.98. The van der Waals surface area contributed by atoms with Gasteiger partial charge in [0, 0.05) is 30.5 Å². The highest BCUT2D eigenvalue weighted by molar-refractivity contribution is 5.98. The third-order valence-corrected chi connectivity index (χ3v) is 3.97. The van der Waals surface area contributed by atoms with Crippen LogP contribution in [-0.4, -0.2) is 12.0 Å². The van der Waals surface area contributed by atoms with Crippen LogP contribution >= 0.6 is 0 Å². The molecule has 2 heterocycles. The van der Waals surface area contributed by atoms with Crippen LogP contribution in [-0.2, 0) is 0 Å². The lowest BCUT2D eigenvalue weighted by molar-refractivity contribution is 0.564. The summed E-state index contributed by atoms with van der Waals surface area (Å²) in [7, 11) is 1.88. The first-order valence-corrected chi connectivity index (χ1v) is 7.34. The molecule has 0 saturated heterocycles. The Morgan fingerprint density at radius 2 is 1.74 bits per heavy atom. The first kappa shape index (κ1) is 13.5. The fourth-order valence-electron chi connectivity index (χ4n) is 2.75. The molecule has 23 heavy (non-hydrogen) atoms. The number of rotatable bonds is 2. The van der Waals surface area contributed by atoms with Gasteiger partial charge in [-0.2, -0.15) is 0 Å². The van der Waals surface area contributed by atoms with Crippen LogP contribution in [0, 0.1) is 0 Å². The van der Waals surface area contributed by atoms with E-state index in [-0.39, 0.29) is 5.63 Å². The SMILES string of the molecule is CNc1ccc2cc3cc(-c4ccncc4)c(=O)oc3cc2c1. The van der Waals surface area contributed by atoms with Gasteiger partial charge in [-0.1, -0.05) is 6.07 Å². The van der Waals surface area contributed by atoms with Crippen molar-refractivity contribution in [2.24, 2.45) is 0 Å². The standard InChI is InChI=1S/C19H14N2O2/c1-20-16-3-2-13-8-15-10-17(12-4-6-21-7-5-12)19(22)23-18(15)11-14(13)9-16/h2-11,20H,1H3. The maximum Gasteiger partial charge on any atom is 0.344 e. The van der Waals surface area contributed by atoms with Crippen molar-refractivity contribution in [1.29, 1.82) is 0 Å². The van der Waals surface area contributed by atoms with Gasteiger partial charge >= 0.3 is 5.63 Å². The van der Waals surface area contributed by atoms with Crippen molar-refractivity contribution in [3.63, 3.8) is 0 Å². The summed E-state index contributed by atoms with van der Waals surface area (Å²) in [5.41, 5.74) is 2.63. The van der Waals surface area contributed by atoms with Crippen molar-refractivity contribution >= 4 is 27.4 Å². The highest BCUT2D eigenvalue weighted by atomic mass is 16.4. The number of aromatic nitrogens is 1. The molecule has 2 aromatic carbocycles. The first-order chi connectivity index (χ1) is 11.2. The molecule has 0 radical (unpaired) electrons. The average molecular weight is 302 g/mol. The van der Waals surface area contributed by atoms with Crippen molar-refractivity contribution < 1.29 is 4.42 Å². The molecule has 0 saturated carbocycles. The number of hydrogen-bond acceptors (Lipinski definition) is 4. The molecule has 4 nitrogen and oxygen atoms in total. The van der Waals surface area contributed by atoms with E-state index in [2.05, 4.69) is 16.4 Å². The Morgan fingerprint density at radius 3 is 2.52 bits per heavy atom. The molecule has 2 aromatic heterocycles. The smallest absolute Gasteiger partial charge is 0.344 e. The number of fused-ring (bicyclic) bond motifs is 2. The maximum atomic E-state index is 12.3. The van der Waals surface area contributed by atoms with Crippen molar-refractivity contribution in [3.05, 3.63) is 71.3 Å². The minimum Gasteiger partial charge on any atom is -0.422 e. The van der Waals surface area contributed by atoms with E-state index in [1.165, 1.54) is 0 Å². The van der Waals surface area contributed by atoms with Crippen molar-refractivity contribution in [2.45, 2.75) is 0 Å². The van der Waals surface area contributed by atoms with Crippen molar-refractivity contribution in [1.82, 2.24) is 4.98 Å². The first-order valence-electron chi connectivity index (χ1n) is 7.34. The van der Waals surface area contributed by atoms with Gasteiger partial charge in [0.25, 0.3) is 0 Å². The van der Waals surface area contributed by atoms with Crippen molar-refractivity contribution in [3.8, 4) is 11.1 Å². The number of benzene rings is 2. The second-order valence-corrected chi connectivity index (χ2v) is 5.39. The molecule has 0 fully saturated rings. The Hall–Kier alpha value is -3.14. The molecule has 4 aromatic rings. The number of nitrogens with one attached hydrogen (secondary N) is 1. The number of anilines is 1. The molecule has 0 amide bonds. The van der Waals surface area contributed by atoms with Crippen LogP contribution in [0.5, 0.6) is 0 Å². The number of hydrogen-bond donors (Lipinski definition) is 1. The third kappa shape index (κ3) is 2.34. The van der Waals surface area contributed by atoms with Crippen molar-refractivity contribution in [2.75, 3.05) is 12.4 Å². The van der Waals surface area contributed by atoms with Crippen LogP contribution < -0.4 is 10.9 Å². The van der Waals surface area contributed by atoms with Gasteiger partial charge in [-0.05, 0) is 58.8 Å². The van der Waals surface area contributed by atoms with E-state index in [0.29, 0.717) is 11.1 Å². The number of pyridine rings is 1. The summed E-state index contributed by atoms with van der Waals surface area (Å²) in [6.07, 6.45) is 3.33. The zero-order valence-corrected chi connectivity index (χ0v) is 12.5. The minimum absolute atomic E-state index is 0.340. The van der Waals surface area contributed by atoms with Crippen LogP contribution in [0.2, 0.25) is 0 Å². The molecule has 0 aliphatic carbocycles. The Bertz CT molecular complexity index is 1070. The lowest BCUT2D eigenvalue weighted by Gasteiger charge is -2.06. The van der Waals surface area contributed by atoms with E-state index >= 15 is 0 Å². The van der Waals surface area contributed by atoms with Crippen LogP contribution in [0.15, 0.2) is 70.1 Å². The van der Waals surface area contributed by atoms with Crippen LogP contribution in [0.1, 0.15) is 0 Å². The van der Waals surface area contributed by atoms with Crippen LogP contribution in [0.4, 0.5) is 5.69 Å². The fourth-order valence-corrected chi connectivity index (χ4v) is 2.75. The van der Waals surface area contributed by atoms with Gasteiger partial charge in [-0.15, -0.1) is 0 Å². The van der Waals surface area contributed by atoms with E-state index in [1.807, 2.05) is 37.4 Å². The minimum atomic E-state index is -0.340. The Labute approximate surface area is 132 Å². The van der Waals surface area contributed by atoms with E-state index in [4.69, 9.17) is 4.42 Å². The normalized spacial score (nSPS) is 11.0. The molecular weight excluding hydrogens is 288 g/mol. The molecular formula is C19H14N2O2. The molecule has 0 unspecified atom stereocenters. The molecule has 0 aliphatic heterocycles. The molecule has 0 bridgehead atoms. The van der Waals surface area contributed by atoms with Gasteiger partial charge in [-0.3, -0.25) is 4.98 Å². The summed E-state index contributed by atoms with van der Waals surface area (Å²) < 4.78 is 5.53. The fraction of sp³-hybridized carbons (Fsp3) is 0.0526. The predicted molar refractivity (Wildman–Crippen MR) is 92.8 cm³/mol. The van der Waals surface area contributed by atoms with Gasteiger partial charge in [0.15, 0.2) is 0 Å². The summed E-state index contributed by atoms with van der Waals surface area (Å²) in [6, 6.07) is 15.5. The summed E-state index contributed by atoms with van der Waals surface area (Å²) in [4.78, 5) is 16.3. The molecule has 0 atom stereocenters. The Kier molecular flexibility index (Phi) is 3.08. The summed E-state index contributed by atoms with van der Waals surface area (Å²) in [5, 5.41) is 6.15. The predicted octanol–water partition coefficient (Wildman–Crippen LogP) is 4.05. The van der Waals surface area contributed by atoms with Gasteiger partial charge in [0.2, 0.25) is 0 Å². The van der Waals surface area contributed by atoms with Crippen LogP contribution in [0.25, 0.3) is 32.9 Å². The molecule has 4 heteroatoms. The second-order valence-electron chi connectivity index (χ2n) is 5.39. The quantitative estimate of drug-likeness (QED) is 0.448. The summed E-state index contributed by atoms with van der Waals surface area (Å²) in [5.74, 6) is 0. The highest BCUT2D eigenvalue weighted by Crippen LogP contribution is 2.27.